The summed E-state index contributed by atoms with van der Waals surface area (Å²) < 4.78 is 2.26. The lowest BCUT2D eigenvalue weighted by molar-refractivity contribution is -0.124. The average molecular weight is 377 g/mol. The molecule has 3 heterocycles. The quantitative estimate of drug-likeness (QED) is 0.415. The first-order valence-electron chi connectivity index (χ1n) is 9.40. The maximum absolute atomic E-state index is 11.3. The van der Waals surface area contributed by atoms with Crippen LogP contribution in [0.3, 0.4) is 0 Å². The lowest BCUT2D eigenvalue weighted by Crippen LogP contribution is -2.33. The molecule has 1 aliphatic rings. The van der Waals surface area contributed by atoms with Crippen LogP contribution in [0.1, 0.15) is 24.4 Å². The summed E-state index contributed by atoms with van der Waals surface area (Å²) in [5, 5.41) is 8.65. The first kappa shape index (κ1) is 18.3. The third kappa shape index (κ3) is 3.67. The number of piperidine rings is 1. The van der Waals surface area contributed by atoms with E-state index in [2.05, 4.69) is 21.5 Å². The van der Waals surface area contributed by atoms with Gasteiger partial charge in [-0.15, -0.1) is 0 Å². The number of nitrogens with zero attached hydrogens (tertiary/aromatic N) is 4. The predicted octanol–water partition coefficient (Wildman–Crippen LogP) is 2.88. The minimum Gasteiger partial charge on any atom is -0.304 e. The topological polar surface area (TPSA) is 83.3 Å². The average Bonchev–Trinajstić information content (AvgIpc) is 3.12. The zero-order valence-electron chi connectivity index (χ0n) is 15.7. The van der Waals surface area contributed by atoms with Crippen molar-refractivity contribution in [2.45, 2.75) is 18.9 Å². The van der Waals surface area contributed by atoms with Crippen LogP contribution < -0.4 is 5.48 Å². The van der Waals surface area contributed by atoms with Crippen LogP contribution in [0.5, 0.6) is 0 Å². The molecule has 0 bridgehead atoms. The number of aromatic nitrogens is 3. The lowest BCUT2D eigenvalue weighted by atomic mass is 10.0. The number of hydroxylamine groups is 1. The highest BCUT2D eigenvalue weighted by atomic mass is 16.5. The molecule has 1 aromatic carbocycles. The zero-order valence-corrected chi connectivity index (χ0v) is 15.7. The molecule has 1 fully saturated rings. The number of likely N-dealkylation sites (N-methyl/N-ethyl adjacent to an activating group) is 1. The Morgan fingerprint density at radius 1 is 1.32 bits per heavy atom. The first-order chi connectivity index (χ1) is 13.7. The first-order valence-corrected chi connectivity index (χ1v) is 9.40. The maximum Gasteiger partial charge on any atom is 0.267 e. The summed E-state index contributed by atoms with van der Waals surface area (Å²) in [5.41, 5.74) is 5.21. The van der Waals surface area contributed by atoms with Crippen molar-refractivity contribution in [3.8, 4) is 11.4 Å². The molecule has 0 saturated carbocycles. The van der Waals surface area contributed by atoms with Gasteiger partial charge in [0.15, 0.2) is 5.65 Å². The van der Waals surface area contributed by atoms with Gasteiger partial charge in [-0.25, -0.2) is 15.4 Å². The van der Waals surface area contributed by atoms with Crippen molar-refractivity contribution in [1.29, 1.82) is 0 Å². The second-order valence-electron chi connectivity index (χ2n) is 7.14. The Morgan fingerprint density at radius 2 is 2.21 bits per heavy atom. The van der Waals surface area contributed by atoms with E-state index in [1.807, 2.05) is 42.6 Å². The third-order valence-electron chi connectivity index (χ3n) is 5.10. The molecule has 2 N–H and O–H groups in total. The summed E-state index contributed by atoms with van der Waals surface area (Å²) in [6.45, 7) is 2.07. The number of benzene rings is 1. The number of imidazole rings is 1. The molecule has 144 valence electrons. The molecule has 0 spiro atoms. The fourth-order valence-electron chi connectivity index (χ4n) is 3.82. The van der Waals surface area contributed by atoms with Crippen LogP contribution in [-0.4, -0.2) is 50.7 Å². The van der Waals surface area contributed by atoms with Crippen LogP contribution in [0.15, 0.2) is 48.7 Å². The molecule has 1 amide bonds. The number of hydrogen-bond donors (Lipinski definition) is 2. The van der Waals surface area contributed by atoms with Gasteiger partial charge in [0.1, 0.15) is 11.3 Å². The Bertz CT molecular complexity index is 1030. The van der Waals surface area contributed by atoms with Gasteiger partial charge in [-0.2, -0.15) is 0 Å². The number of pyridine rings is 1. The van der Waals surface area contributed by atoms with Crippen LogP contribution in [0, 0.1) is 0 Å². The van der Waals surface area contributed by atoms with Crippen LogP contribution in [-0.2, 0) is 4.79 Å². The van der Waals surface area contributed by atoms with E-state index in [4.69, 9.17) is 10.2 Å². The van der Waals surface area contributed by atoms with E-state index in [1.54, 1.807) is 11.6 Å². The van der Waals surface area contributed by atoms with Crippen molar-refractivity contribution < 1.29 is 10.0 Å². The van der Waals surface area contributed by atoms with Crippen LogP contribution >= 0.6 is 0 Å². The van der Waals surface area contributed by atoms with Crippen molar-refractivity contribution in [3.63, 3.8) is 0 Å². The van der Waals surface area contributed by atoms with E-state index >= 15 is 0 Å². The van der Waals surface area contributed by atoms with E-state index in [0.29, 0.717) is 6.04 Å². The van der Waals surface area contributed by atoms with Gasteiger partial charge in [0, 0.05) is 30.4 Å². The van der Waals surface area contributed by atoms with Gasteiger partial charge in [0.25, 0.3) is 5.91 Å². The number of likely N-dealkylation sites (tertiary alicyclic amines) is 1. The summed E-state index contributed by atoms with van der Waals surface area (Å²) in [6, 6.07) is 12.1. The molecule has 28 heavy (non-hydrogen) atoms. The van der Waals surface area contributed by atoms with Crippen LogP contribution in [0.2, 0.25) is 0 Å². The SMILES string of the molecule is CN1CCC[C@@H](n2c(-c3cccc(/C=C/C(=O)NO)c3)nc3cccnc32)C1. The highest BCUT2D eigenvalue weighted by Crippen LogP contribution is 2.32. The standard InChI is InChI=1S/C21H23N5O2/c1-25-12-4-7-17(14-25)26-20(23-18-8-3-11-22-21(18)26)16-6-2-5-15(13-16)9-10-19(27)24-28/h2-3,5-6,8-11,13,17,28H,4,7,12,14H2,1H3,(H,24,27)/b10-9+/t17-/m1/s1. The minimum absolute atomic E-state index is 0.313. The molecule has 2 aromatic heterocycles. The van der Waals surface area contributed by atoms with Crippen molar-refractivity contribution in [2.75, 3.05) is 20.1 Å². The van der Waals surface area contributed by atoms with Crippen molar-refractivity contribution in [1.82, 2.24) is 24.9 Å². The van der Waals surface area contributed by atoms with Crippen LogP contribution in [0.4, 0.5) is 0 Å². The molecule has 1 atom stereocenters. The van der Waals surface area contributed by atoms with E-state index in [9.17, 15) is 4.79 Å². The molecular formula is C21H23N5O2. The molecular weight excluding hydrogens is 354 g/mol. The van der Waals surface area contributed by atoms with E-state index in [0.717, 1.165) is 54.0 Å². The fraction of sp³-hybridized carbons (Fsp3) is 0.286. The van der Waals surface area contributed by atoms with Gasteiger partial charge in [-0.3, -0.25) is 10.0 Å². The molecule has 0 unspecified atom stereocenters. The second-order valence-corrected chi connectivity index (χ2v) is 7.14. The molecule has 7 heteroatoms. The maximum atomic E-state index is 11.3. The Hall–Kier alpha value is -3.03. The zero-order chi connectivity index (χ0) is 19.5. The van der Waals surface area contributed by atoms with E-state index in [1.165, 1.54) is 6.08 Å². The smallest absolute Gasteiger partial charge is 0.267 e. The molecule has 7 nitrogen and oxygen atoms in total. The molecule has 1 saturated heterocycles. The van der Waals surface area contributed by atoms with Gasteiger partial charge in [0.2, 0.25) is 0 Å². The molecule has 3 aromatic rings. The number of rotatable bonds is 4. The van der Waals surface area contributed by atoms with E-state index < -0.39 is 5.91 Å². The molecule has 1 aliphatic heterocycles. The molecule has 0 aliphatic carbocycles. The lowest BCUT2D eigenvalue weighted by Gasteiger charge is -2.31. The number of nitrogens with one attached hydrogen (secondary N) is 1. The number of carbonyl (C=O) groups excluding carboxylic acids is 1. The van der Waals surface area contributed by atoms with Crippen LogP contribution in [0.25, 0.3) is 28.6 Å². The van der Waals surface area contributed by atoms with Gasteiger partial charge in [0.05, 0.1) is 0 Å². The van der Waals surface area contributed by atoms with Gasteiger partial charge in [-0.05, 0) is 56.3 Å². The summed E-state index contributed by atoms with van der Waals surface area (Å²) in [6.07, 6.45) is 7.00. The Morgan fingerprint density at radius 3 is 3.04 bits per heavy atom. The summed E-state index contributed by atoms with van der Waals surface area (Å²) in [4.78, 5) is 23.1. The summed E-state index contributed by atoms with van der Waals surface area (Å²) in [5.74, 6) is 0.322. The summed E-state index contributed by atoms with van der Waals surface area (Å²) in [7, 11) is 2.15. The van der Waals surface area contributed by atoms with E-state index in [-0.39, 0.29) is 0 Å². The highest BCUT2D eigenvalue weighted by molar-refractivity contribution is 5.91. The second kappa shape index (κ2) is 7.92. The Kier molecular flexibility index (Phi) is 5.18. The summed E-state index contributed by atoms with van der Waals surface area (Å²) >= 11 is 0. The Balaban J connectivity index is 1.79. The molecule has 0 radical (unpaired) electrons. The number of amides is 1. The molecule has 4 rings (SSSR count). The van der Waals surface area contributed by atoms with Crippen molar-refractivity contribution in [3.05, 3.63) is 54.2 Å². The normalized spacial score (nSPS) is 18.0. The fourth-order valence-corrected chi connectivity index (χ4v) is 3.82. The van der Waals surface area contributed by atoms with Crippen molar-refractivity contribution in [2.24, 2.45) is 0 Å². The van der Waals surface area contributed by atoms with Gasteiger partial charge >= 0.3 is 0 Å². The number of hydrogen-bond acceptors (Lipinski definition) is 5. The predicted molar refractivity (Wildman–Crippen MR) is 108 cm³/mol. The Labute approximate surface area is 163 Å². The number of carbonyl (C=O) groups is 1. The van der Waals surface area contributed by atoms with Gasteiger partial charge < -0.3 is 9.47 Å². The monoisotopic (exact) mass is 377 g/mol. The van der Waals surface area contributed by atoms with Crippen molar-refractivity contribution >= 4 is 23.1 Å². The highest BCUT2D eigenvalue weighted by Gasteiger charge is 2.24. The van der Waals surface area contributed by atoms with Gasteiger partial charge in [-0.1, -0.05) is 18.2 Å². The minimum atomic E-state index is -0.563. The number of fused-ring (bicyclic) bond motifs is 1. The largest absolute Gasteiger partial charge is 0.304 e. The third-order valence-corrected chi connectivity index (χ3v) is 5.10.